The van der Waals surface area contributed by atoms with Gasteiger partial charge in [0.1, 0.15) is 12.4 Å². The first-order valence-corrected chi connectivity index (χ1v) is 12.7. The number of hydrogen-bond acceptors (Lipinski definition) is 4. The second-order valence-corrected chi connectivity index (χ2v) is 9.73. The van der Waals surface area contributed by atoms with Crippen LogP contribution >= 0.6 is 0 Å². The van der Waals surface area contributed by atoms with Crippen LogP contribution in [0.15, 0.2) is 84.9 Å². The van der Waals surface area contributed by atoms with Crippen LogP contribution in [-0.2, 0) is 17.9 Å². The number of benzene rings is 3. The summed E-state index contributed by atoms with van der Waals surface area (Å²) >= 11 is 0. The summed E-state index contributed by atoms with van der Waals surface area (Å²) in [6.45, 7) is 4.19. The number of carbonyl (C=O) groups is 1. The lowest BCUT2D eigenvalue weighted by Crippen LogP contribution is -2.44. The maximum absolute atomic E-state index is 12.3. The number of hydrogen-bond donors (Lipinski definition) is 1. The summed E-state index contributed by atoms with van der Waals surface area (Å²) in [6.07, 6.45) is 4.31. The zero-order valence-corrected chi connectivity index (χ0v) is 20.2. The van der Waals surface area contributed by atoms with Crippen molar-refractivity contribution in [3.8, 4) is 5.75 Å². The standard InChI is InChI=1S/C30H34N2O3/c33-29(26-9-5-2-6-10-26)31-21-28-15-16-30(35-28)17-19-32(20-18-30)22-24-11-13-27(14-12-24)34-23-25-7-3-1-4-8-25/h1-14,28H,15-23H2,(H,31,33). The van der Waals surface area contributed by atoms with Crippen LogP contribution in [0.2, 0.25) is 0 Å². The van der Waals surface area contributed by atoms with Crippen LogP contribution in [0.25, 0.3) is 0 Å². The van der Waals surface area contributed by atoms with Crippen LogP contribution in [0.5, 0.6) is 5.75 Å². The SMILES string of the molecule is O=C(NCC1CCC2(CCN(Cc3ccc(OCc4ccccc4)cc3)CC2)O1)c1ccccc1. The molecule has 3 aromatic rings. The summed E-state index contributed by atoms with van der Waals surface area (Å²) in [7, 11) is 0. The van der Waals surface area contributed by atoms with Crippen molar-refractivity contribution in [3.05, 3.63) is 102 Å². The lowest BCUT2D eigenvalue weighted by atomic mass is 9.88. The second-order valence-electron chi connectivity index (χ2n) is 9.73. The van der Waals surface area contributed by atoms with Crippen molar-refractivity contribution in [1.29, 1.82) is 0 Å². The smallest absolute Gasteiger partial charge is 0.251 e. The van der Waals surface area contributed by atoms with E-state index in [4.69, 9.17) is 9.47 Å². The van der Waals surface area contributed by atoms with Gasteiger partial charge in [-0.2, -0.15) is 0 Å². The van der Waals surface area contributed by atoms with Crippen molar-refractivity contribution < 1.29 is 14.3 Å². The molecule has 2 fully saturated rings. The van der Waals surface area contributed by atoms with E-state index in [1.165, 1.54) is 11.1 Å². The maximum Gasteiger partial charge on any atom is 0.251 e. The first-order chi connectivity index (χ1) is 17.2. The number of nitrogens with one attached hydrogen (secondary N) is 1. The summed E-state index contributed by atoms with van der Waals surface area (Å²) in [6, 6.07) is 28.1. The van der Waals surface area contributed by atoms with E-state index in [1.54, 1.807) is 0 Å². The highest BCUT2D eigenvalue weighted by molar-refractivity contribution is 5.94. The molecule has 0 aliphatic carbocycles. The molecule has 2 heterocycles. The summed E-state index contributed by atoms with van der Waals surface area (Å²) in [4.78, 5) is 14.8. The van der Waals surface area contributed by atoms with Crippen molar-refractivity contribution in [2.45, 2.75) is 50.5 Å². The molecular formula is C30H34N2O3. The van der Waals surface area contributed by atoms with E-state index in [9.17, 15) is 4.79 Å². The topological polar surface area (TPSA) is 50.8 Å². The van der Waals surface area contributed by atoms with E-state index in [-0.39, 0.29) is 17.6 Å². The van der Waals surface area contributed by atoms with Crippen LogP contribution in [-0.4, -0.2) is 42.1 Å². The maximum atomic E-state index is 12.3. The van der Waals surface area contributed by atoms with E-state index in [0.29, 0.717) is 18.7 Å². The minimum Gasteiger partial charge on any atom is -0.489 e. The molecular weight excluding hydrogens is 436 g/mol. The number of amides is 1. The molecule has 0 bridgehead atoms. The fourth-order valence-electron chi connectivity index (χ4n) is 5.11. The molecule has 0 radical (unpaired) electrons. The average Bonchev–Trinajstić information content (AvgIpc) is 3.32. The van der Waals surface area contributed by atoms with Crippen LogP contribution in [0.1, 0.15) is 47.2 Å². The number of carbonyl (C=O) groups excluding carboxylic acids is 1. The molecule has 1 spiro atoms. The van der Waals surface area contributed by atoms with Gasteiger partial charge in [0, 0.05) is 31.7 Å². The van der Waals surface area contributed by atoms with Gasteiger partial charge in [0.15, 0.2) is 0 Å². The van der Waals surface area contributed by atoms with Crippen molar-refractivity contribution >= 4 is 5.91 Å². The van der Waals surface area contributed by atoms with Gasteiger partial charge in [-0.1, -0.05) is 60.7 Å². The van der Waals surface area contributed by atoms with Crippen LogP contribution < -0.4 is 10.1 Å². The molecule has 1 atom stereocenters. The fraction of sp³-hybridized carbons (Fsp3) is 0.367. The number of rotatable bonds is 8. The molecule has 3 aromatic carbocycles. The first kappa shape index (κ1) is 23.6. The van der Waals surface area contributed by atoms with Crippen LogP contribution in [0, 0.1) is 0 Å². The Kier molecular flexibility index (Phi) is 7.45. The predicted octanol–water partition coefficient (Wildman–Crippen LogP) is 5.21. The molecule has 2 aliphatic heterocycles. The lowest BCUT2D eigenvalue weighted by Gasteiger charge is -2.39. The van der Waals surface area contributed by atoms with E-state index in [1.807, 2.05) is 48.5 Å². The number of piperidine rings is 1. The summed E-state index contributed by atoms with van der Waals surface area (Å²) in [5.74, 6) is 0.876. The van der Waals surface area contributed by atoms with E-state index < -0.39 is 0 Å². The molecule has 2 saturated heterocycles. The Morgan fingerprint density at radius 1 is 0.886 bits per heavy atom. The molecule has 1 N–H and O–H groups in total. The Labute approximate surface area is 208 Å². The fourth-order valence-corrected chi connectivity index (χ4v) is 5.11. The van der Waals surface area contributed by atoms with Gasteiger partial charge in [0.2, 0.25) is 0 Å². The van der Waals surface area contributed by atoms with Gasteiger partial charge in [-0.3, -0.25) is 9.69 Å². The lowest BCUT2D eigenvalue weighted by molar-refractivity contribution is -0.0764. The Balaban J connectivity index is 1.04. The largest absolute Gasteiger partial charge is 0.489 e. The molecule has 1 amide bonds. The quantitative estimate of drug-likeness (QED) is 0.491. The normalized spacial score (nSPS) is 19.5. The van der Waals surface area contributed by atoms with Gasteiger partial charge in [-0.25, -0.2) is 0 Å². The third-order valence-electron chi connectivity index (χ3n) is 7.21. The Bertz CT molecular complexity index is 1080. The number of nitrogens with zero attached hydrogens (tertiary/aromatic N) is 1. The zero-order chi connectivity index (χ0) is 23.9. The van der Waals surface area contributed by atoms with Gasteiger partial charge in [-0.05, 0) is 61.1 Å². The predicted molar refractivity (Wildman–Crippen MR) is 137 cm³/mol. The monoisotopic (exact) mass is 470 g/mol. The first-order valence-electron chi connectivity index (χ1n) is 12.7. The molecule has 35 heavy (non-hydrogen) atoms. The Morgan fingerprint density at radius 3 is 2.29 bits per heavy atom. The van der Waals surface area contributed by atoms with E-state index in [2.05, 4.69) is 46.6 Å². The molecule has 5 rings (SSSR count). The average molecular weight is 471 g/mol. The molecule has 5 nitrogen and oxygen atoms in total. The van der Waals surface area contributed by atoms with Gasteiger partial charge in [-0.15, -0.1) is 0 Å². The summed E-state index contributed by atoms with van der Waals surface area (Å²) in [5, 5.41) is 3.04. The summed E-state index contributed by atoms with van der Waals surface area (Å²) < 4.78 is 12.4. The second kappa shape index (κ2) is 11.1. The van der Waals surface area contributed by atoms with Gasteiger partial charge in [0.25, 0.3) is 5.91 Å². The molecule has 0 saturated carbocycles. The van der Waals surface area contributed by atoms with Crippen molar-refractivity contribution in [3.63, 3.8) is 0 Å². The molecule has 0 aromatic heterocycles. The van der Waals surface area contributed by atoms with Crippen LogP contribution in [0.3, 0.4) is 0 Å². The van der Waals surface area contributed by atoms with Crippen molar-refractivity contribution in [2.24, 2.45) is 0 Å². The van der Waals surface area contributed by atoms with Crippen LogP contribution in [0.4, 0.5) is 0 Å². The van der Waals surface area contributed by atoms with E-state index >= 15 is 0 Å². The van der Waals surface area contributed by atoms with Crippen molar-refractivity contribution in [2.75, 3.05) is 19.6 Å². The highest BCUT2D eigenvalue weighted by atomic mass is 16.5. The minimum atomic E-state index is -0.0264. The Morgan fingerprint density at radius 2 is 1.57 bits per heavy atom. The highest BCUT2D eigenvalue weighted by Gasteiger charge is 2.42. The molecule has 1 unspecified atom stereocenters. The molecule has 182 valence electrons. The van der Waals surface area contributed by atoms with E-state index in [0.717, 1.165) is 51.1 Å². The minimum absolute atomic E-state index is 0.0201. The third-order valence-corrected chi connectivity index (χ3v) is 7.21. The molecule has 2 aliphatic rings. The number of likely N-dealkylation sites (tertiary alicyclic amines) is 1. The Hall–Kier alpha value is -3.15. The van der Waals surface area contributed by atoms with Gasteiger partial charge in [0.05, 0.1) is 11.7 Å². The number of ether oxygens (including phenoxy) is 2. The third kappa shape index (κ3) is 6.30. The summed E-state index contributed by atoms with van der Waals surface area (Å²) in [5.41, 5.74) is 3.16. The highest BCUT2D eigenvalue weighted by Crippen LogP contribution is 2.39. The van der Waals surface area contributed by atoms with Gasteiger partial charge >= 0.3 is 0 Å². The van der Waals surface area contributed by atoms with Gasteiger partial charge < -0.3 is 14.8 Å². The van der Waals surface area contributed by atoms with Crippen molar-refractivity contribution in [1.82, 2.24) is 10.2 Å². The molecule has 5 heteroatoms. The zero-order valence-electron chi connectivity index (χ0n) is 20.2.